The van der Waals surface area contributed by atoms with E-state index in [9.17, 15) is 10.1 Å². The topological polar surface area (TPSA) is 97.4 Å². The van der Waals surface area contributed by atoms with Crippen molar-refractivity contribution in [2.24, 2.45) is 5.92 Å². The number of carbonyl (C=O) groups excluding carboxylic acids is 1. The maximum absolute atomic E-state index is 12.3. The lowest BCUT2D eigenvalue weighted by atomic mass is 10.0. The number of nitriles is 1. The Bertz CT molecular complexity index is 948. The molecule has 0 saturated carbocycles. The van der Waals surface area contributed by atoms with Crippen LogP contribution in [0.1, 0.15) is 26.5 Å². The van der Waals surface area contributed by atoms with Gasteiger partial charge in [-0.3, -0.25) is 0 Å². The van der Waals surface area contributed by atoms with Crippen LogP contribution in [0.25, 0.3) is 11.3 Å². The van der Waals surface area contributed by atoms with E-state index >= 15 is 0 Å². The van der Waals surface area contributed by atoms with E-state index in [2.05, 4.69) is 10.5 Å². The van der Waals surface area contributed by atoms with Crippen molar-refractivity contribution in [2.45, 2.75) is 27.3 Å². The summed E-state index contributed by atoms with van der Waals surface area (Å²) in [7, 11) is 0. The highest BCUT2D eigenvalue weighted by molar-refractivity contribution is 6.36. The number of nitrogens with one attached hydrogen (secondary N) is 1. The highest BCUT2D eigenvalue weighted by Crippen LogP contribution is 2.30. The summed E-state index contributed by atoms with van der Waals surface area (Å²) in [6, 6.07) is 8.75. The lowest BCUT2D eigenvalue weighted by molar-refractivity contribution is -0.140. The number of hydrogen-bond donors (Lipinski definition) is 1. The number of esters is 1. The van der Waals surface area contributed by atoms with Gasteiger partial charge in [-0.25, -0.2) is 4.79 Å². The maximum atomic E-state index is 12.3. The fraction of sp³-hybridized carbons (Fsp3) is 0.381. The summed E-state index contributed by atoms with van der Waals surface area (Å²) in [5.41, 5.74) is 1.62. The predicted octanol–water partition coefficient (Wildman–Crippen LogP) is 4.75. The Kier molecular flexibility index (Phi) is 9.18. The van der Waals surface area contributed by atoms with E-state index in [-0.39, 0.29) is 31.2 Å². The minimum atomic E-state index is -0.695. The lowest BCUT2D eigenvalue weighted by Crippen LogP contribution is -2.23. The highest BCUT2D eigenvalue weighted by atomic mass is 35.5. The number of carbonyl (C=O) groups is 1. The second-order valence-corrected chi connectivity index (χ2v) is 7.39. The van der Waals surface area contributed by atoms with Crippen LogP contribution in [0.2, 0.25) is 10.0 Å². The third kappa shape index (κ3) is 6.49. The van der Waals surface area contributed by atoms with Crippen molar-refractivity contribution in [3.8, 4) is 17.3 Å². The Morgan fingerprint density at radius 2 is 2.07 bits per heavy atom. The van der Waals surface area contributed by atoms with Crippen molar-refractivity contribution in [3.05, 3.63) is 51.3 Å². The SMILES string of the molecule is CCOCCOC(=O)/C(C#N)=C(\NCc1cc(-c2ccc(Cl)cc2Cl)no1)C(C)C. The quantitative estimate of drug-likeness (QED) is 0.240. The van der Waals surface area contributed by atoms with Crippen LogP contribution in [-0.2, 0) is 20.8 Å². The van der Waals surface area contributed by atoms with Crippen molar-refractivity contribution in [1.29, 1.82) is 5.26 Å². The number of benzene rings is 1. The first-order valence-corrected chi connectivity index (χ1v) is 10.2. The van der Waals surface area contributed by atoms with Crippen LogP contribution < -0.4 is 5.32 Å². The van der Waals surface area contributed by atoms with Gasteiger partial charge in [0.2, 0.25) is 0 Å². The molecule has 1 aromatic carbocycles. The number of rotatable bonds is 10. The van der Waals surface area contributed by atoms with Crippen LogP contribution in [0.4, 0.5) is 0 Å². The number of ether oxygens (including phenoxy) is 2. The van der Waals surface area contributed by atoms with Gasteiger partial charge in [-0.1, -0.05) is 42.2 Å². The third-order valence-electron chi connectivity index (χ3n) is 4.05. The largest absolute Gasteiger partial charge is 0.459 e. The van der Waals surface area contributed by atoms with E-state index in [4.69, 9.17) is 37.2 Å². The van der Waals surface area contributed by atoms with Gasteiger partial charge in [0.05, 0.1) is 18.2 Å². The zero-order valence-electron chi connectivity index (χ0n) is 17.0. The summed E-state index contributed by atoms with van der Waals surface area (Å²) >= 11 is 12.1. The molecule has 0 atom stereocenters. The lowest BCUT2D eigenvalue weighted by Gasteiger charge is -2.15. The van der Waals surface area contributed by atoms with Crippen molar-refractivity contribution in [3.63, 3.8) is 0 Å². The normalized spacial score (nSPS) is 11.8. The van der Waals surface area contributed by atoms with E-state index in [1.807, 2.05) is 26.8 Å². The van der Waals surface area contributed by atoms with Gasteiger partial charge >= 0.3 is 5.97 Å². The minimum Gasteiger partial charge on any atom is -0.459 e. The van der Waals surface area contributed by atoms with E-state index in [1.54, 1.807) is 24.3 Å². The maximum Gasteiger partial charge on any atom is 0.350 e. The van der Waals surface area contributed by atoms with Crippen LogP contribution >= 0.6 is 23.2 Å². The summed E-state index contributed by atoms with van der Waals surface area (Å²) < 4.78 is 15.6. The average Bonchev–Trinajstić information content (AvgIpc) is 3.16. The second kappa shape index (κ2) is 11.6. The van der Waals surface area contributed by atoms with Crippen molar-refractivity contribution in [1.82, 2.24) is 10.5 Å². The molecule has 7 nitrogen and oxygen atoms in total. The number of nitrogens with zero attached hydrogens (tertiary/aromatic N) is 2. The van der Waals surface area contributed by atoms with E-state index in [0.717, 1.165) is 0 Å². The molecule has 0 amide bonds. The molecule has 1 aromatic heterocycles. The smallest absolute Gasteiger partial charge is 0.350 e. The molecule has 0 aliphatic carbocycles. The van der Waals surface area contributed by atoms with Gasteiger partial charge in [0.25, 0.3) is 0 Å². The first kappa shape index (κ1) is 23.7. The average molecular weight is 452 g/mol. The molecule has 0 unspecified atom stereocenters. The Balaban J connectivity index is 2.12. The molecule has 0 aliphatic rings. The van der Waals surface area contributed by atoms with E-state index in [1.165, 1.54) is 0 Å². The fourth-order valence-corrected chi connectivity index (χ4v) is 3.11. The van der Waals surface area contributed by atoms with Crippen LogP contribution in [-0.4, -0.2) is 30.9 Å². The molecule has 1 N–H and O–H groups in total. The summed E-state index contributed by atoms with van der Waals surface area (Å²) in [6.07, 6.45) is 0. The standard InChI is InChI=1S/C21H23Cl2N3O4/c1-4-28-7-8-29-21(27)17(11-24)20(13(2)3)25-12-15-10-19(26-30-15)16-6-5-14(22)9-18(16)23/h5-6,9-10,13,25H,4,7-8,12H2,1-3H3/b20-17-. The summed E-state index contributed by atoms with van der Waals surface area (Å²) in [6.45, 7) is 6.69. The molecule has 2 aromatic rings. The van der Waals surface area contributed by atoms with E-state index in [0.29, 0.717) is 39.4 Å². The number of aromatic nitrogens is 1. The Hall–Kier alpha value is -2.53. The molecule has 0 saturated heterocycles. The first-order valence-electron chi connectivity index (χ1n) is 9.41. The summed E-state index contributed by atoms with van der Waals surface area (Å²) in [5.74, 6) is -0.303. The molecule has 0 fully saturated rings. The zero-order valence-corrected chi connectivity index (χ0v) is 18.5. The van der Waals surface area contributed by atoms with Crippen LogP contribution in [0.15, 0.2) is 40.1 Å². The van der Waals surface area contributed by atoms with Crippen LogP contribution in [0.3, 0.4) is 0 Å². The Morgan fingerprint density at radius 1 is 1.30 bits per heavy atom. The third-order valence-corrected chi connectivity index (χ3v) is 4.59. The molecular weight excluding hydrogens is 429 g/mol. The number of halogens is 2. The first-order chi connectivity index (χ1) is 14.4. The summed E-state index contributed by atoms with van der Waals surface area (Å²) in [5, 5.41) is 17.6. The van der Waals surface area contributed by atoms with Gasteiger partial charge < -0.3 is 19.3 Å². The molecule has 0 radical (unpaired) electrons. The van der Waals surface area contributed by atoms with Crippen LogP contribution in [0, 0.1) is 17.2 Å². The van der Waals surface area contributed by atoms with Crippen molar-refractivity contribution >= 4 is 29.2 Å². The van der Waals surface area contributed by atoms with Gasteiger partial charge in [0.1, 0.15) is 18.4 Å². The fourth-order valence-electron chi connectivity index (χ4n) is 2.61. The van der Waals surface area contributed by atoms with Crippen LogP contribution in [0.5, 0.6) is 0 Å². The van der Waals surface area contributed by atoms with Crippen molar-refractivity contribution in [2.75, 3.05) is 19.8 Å². The van der Waals surface area contributed by atoms with Gasteiger partial charge in [-0.2, -0.15) is 5.26 Å². The zero-order chi connectivity index (χ0) is 22.1. The monoisotopic (exact) mass is 451 g/mol. The Morgan fingerprint density at radius 3 is 2.70 bits per heavy atom. The molecule has 0 aliphatic heterocycles. The van der Waals surface area contributed by atoms with Gasteiger partial charge in [-0.05, 0) is 31.0 Å². The molecule has 30 heavy (non-hydrogen) atoms. The highest BCUT2D eigenvalue weighted by Gasteiger charge is 2.20. The van der Waals surface area contributed by atoms with Gasteiger partial charge in [0.15, 0.2) is 11.3 Å². The number of allylic oxidation sites excluding steroid dienone is 1. The molecule has 2 rings (SSSR count). The van der Waals surface area contributed by atoms with Gasteiger partial charge in [-0.15, -0.1) is 0 Å². The minimum absolute atomic E-state index is 0.0799. The molecule has 0 spiro atoms. The summed E-state index contributed by atoms with van der Waals surface area (Å²) in [4.78, 5) is 12.3. The predicted molar refractivity (Wildman–Crippen MR) is 114 cm³/mol. The molecule has 9 heteroatoms. The second-order valence-electron chi connectivity index (χ2n) is 6.54. The number of hydrogen-bond acceptors (Lipinski definition) is 7. The molecule has 1 heterocycles. The van der Waals surface area contributed by atoms with Crippen molar-refractivity contribution < 1.29 is 18.8 Å². The Labute approximate surface area is 185 Å². The molecular formula is C21H23Cl2N3O4. The molecule has 0 bridgehead atoms. The van der Waals surface area contributed by atoms with Gasteiger partial charge in [0, 0.05) is 29.0 Å². The molecule has 160 valence electrons. The van der Waals surface area contributed by atoms with E-state index < -0.39 is 5.97 Å².